The highest BCUT2D eigenvalue weighted by molar-refractivity contribution is 5.29. The van der Waals surface area contributed by atoms with Crippen molar-refractivity contribution in [2.45, 2.75) is 31.8 Å². The predicted octanol–water partition coefficient (Wildman–Crippen LogP) is 2.22. The standard InChI is InChI=1S/C13H19NO/c1-10-4-2-3-5-13(10)11-6-7-12(8-14)15-9-11/h2-5,11-12H,6-9,14H2,1H3/t11-,12-/m0/s1. The number of benzene rings is 1. The fraction of sp³-hybridized carbons (Fsp3) is 0.538. The molecule has 1 aliphatic heterocycles. The first kappa shape index (κ1) is 10.7. The predicted molar refractivity (Wildman–Crippen MR) is 61.9 cm³/mol. The van der Waals surface area contributed by atoms with E-state index in [0.29, 0.717) is 12.5 Å². The molecule has 2 rings (SSSR count). The summed E-state index contributed by atoms with van der Waals surface area (Å²) in [6.45, 7) is 3.65. The van der Waals surface area contributed by atoms with Crippen LogP contribution in [0.3, 0.4) is 0 Å². The third-order valence-corrected chi connectivity index (χ3v) is 3.26. The lowest BCUT2D eigenvalue weighted by atomic mass is 9.89. The van der Waals surface area contributed by atoms with Gasteiger partial charge in [-0.15, -0.1) is 0 Å². The van der Waals surface area contributed by atoms with Gasteiger partial charge in [0.15, 0.2) is 0 Å². The zero-order valence-corrected chi connectivity index (χ0v) is 9.28. The van der Waals surface area contributed by atoms with E-state index in [4.69, 9.17) is 10.5 Å². The van der Waals surface area contributed by atoms with Crippen LogP contribution in [0.15, 0.2) is 24.3 Å². The van der Waals surface area contributed by atoms with Gasteiger partial charge in [-0.25, -0.2) is 0 Å². The van der Waals surface area contributed by atoms with E-state index < -0.39 is 0 Å². The van der Waals surface area contributed by atoms with Gasteiger partial charge in [-0.3, -0.25) is 0 Å². The van der Waals surface area contributed by atoms with Crippen molar-refractivity contribution in [1.82, 2.24) is 0 Å². The maximum atomic E-state index is 5.72. The van der Waals surface area contributed by atoms with Gasteiger partial charge in [-0.1, -0.05) is 24.3 Å². The van der Waals surface area contributed by atoms with Gasteiger partial charge in [0.05, 0.1) is 12.7 Å². The fourth-order valence-electron chi connectivity index (χ4n) is 2.28. The van der Waals surface area contributed by atoms with Crippen molar-refractivity contribution in [3.63, 3.8) is 0 Å². The molecule has 0 bridgehead atoms. The summed E-state index contributed by atoms with van der Waals surface area (Å²) in [6.07, 6.45) is 2.58. The smallest absolute Gasteiger partial charge is 0.0697 e. The molecule has 1 aliphatic rings. The Kier molecular flexibility index (Phi) is 3.39. The number of ether oxygens (including phenoxy) is 1. The molecule has 0 aromatic heterocycles. The summed E-state index contributed by atoms with van der Waals surface area (Å²) in [5, 5.41) is 0. The monoisotopic (exact) mass is 205 g/mol. The van der Waals surface area contributed by atoms with Crippen LogP contribution in [0.25, 0.3) is 0 Å². The molecule has 0 saturated carbocycles. The van der Waals surface area contributed by atoms with Gasteiger partial charge < -0.3 is 10.5 Å². The van der Waals surface area contributed by atoms with Crippen LogP contribution in [0, 0.1) is 6.92 Å². The van der Waals surface area contributed by atoms with Crippen molar-refractivity contribution < 1.29 is 4.74 Å². The first-order valence-electron chi connectivity index (χ1n) is 5.68. The molecule has 1 fully saturated rings. The molecule has 0 spiro atoms. The maximum Gasteiger partial charge on any atom is 0.0697 e. The van der Waals surface area contributed by atoms with Crippen molar-refractivity contribution in [3.8, 4) is 0 Å². The molecule has 15 heavy (non-hydrogen) atoms. The summed E-state index contributed by atoms with van der Waals surface area (Å²) >= 11 is 0. The molecule has 1 aromatic rings. The van der Waals surface area contributed by atoms with Gasteiger partial charge in [0, 0.05) is 12.5 Å². The Morgan fingerprint density at radius 1 is 1.33 bits per heavy atom. The highest BCUT2D eigenvalue weighted by Crippen LogP contribution is 2.29. The van der Waals surface area contributed by atoms with Crippen molar-refractivity contribution in [3.05, 3.63) is 35.4 Å². The molecule has 1 heterocycles. The van der Waals surface area contributed by atoms with Crippen LogP contribution in [0.5, 0.6) is 0 Å². The first-order valence-corrected chi connectivity index (χ1v) is 5.68. The van der Waals surface area contributed by atoms with Gasteiger partial charge in [0.25, 0.3) is 0 Å². The molecule has 0 aliphatic carbocycles. The number of rotatable bonds is 2. The third kappa shape index (κ3) is 2.39. The van der Waals surface area contributed by atoms with Crippen LogP contribution in [0.2, 0.25) is 0 Å². The minimum atomic E-state index is 0.283. The average Bonchev–Trinajstić information content (AvgIpc) is 2.30. The topological polar surface area (TPSA) is 35.2 Å². The Balaban J connectivity index is 2.04. The molecule has 82 valence electrons. The number of nitrogens with two attached hydrogens (primary N) is 1. The third-order valence-electron chi connectivity index (χ3n) is 3.26. The molecule has 0 unspecified atom stereocenters. The molecule has 2 atom stereocenters. The molecule has 1 aromatic carbocycles. The summed E-state index contributed by atoms with van der Waals surface area (Å²) in [5.74, 6) is 0.564. The Hall–Kier alpha value is -0.860. The summed E-state index contributed by atoms with van der Waals surface area (Å²) in [4.78, 5) is 0. The lowest BCUT2D eigenvalue weighted by Gasteiger charge is -2.29. The normalized spacial score (nSPS) is 26.5. The van der Waals surface area contributed by atoms with E-state index in [-0.39, 0.29) is 6.10 Å². The van der Waals surface area contributed by atoms with E-state index in [9.17, 15) is 0 Å². The molecular weight excluding hydrogens is 186 g/mol. The number of aryl methyl sites for hydroxylation is 1. The Morgan fingerprint density at radius 2 is 2.13 bits per heavy atom. The zero-order chi connectivity index (χ0) is 10.7. The van der Waals surface area contributed by atoms with E-state index >= 15 is 0 Å². The second-order valence-electron chi connectivity index (χ2n) is 4.32. The van der Waals surface area contributed by atoms with Crippen LogP contribution in [-0.2, 0) is 4.74 Å². The quantitative estimate of drug-likeness (QED) is 0.803. The summed E-state index contributed by atoms with van der Waals surface area (Å²) in [5.41, 5.74) is 8.40. The Morgan fingerprint density at radius 3 is 2.73 bits per heavy atom. The fourth-order valence-corrected chi connectivity index (χ4v) is 2.28. The van der Waals surface area contributed by atoms with Crippen LogP contribution in [-0.4, -0.2) is 19.3 Å². The molecule has 0 radical (unpaired) electrons. The average molecular weight is 205 g/mol. The van der Waals surface area contributed by atoms with Gasteiger partial charge in [-0.2, -0.15) is 0 Å². The molecule has 2 nitrogen and oxygen atoms in total. The van der Waals surface area contributed by atoms with Gasteiger partial charge in [0.1, 0.15) is 0 Å². The Bertz CT molecular complexity index is 316. The summed E-state index contributed by atoms with van der Waals surface area (Å²) < 4.78 is 5.72. The minimum absolute atomic E-state index is 0.283. The van der Waals surface area contributed by atoms with E-state index in [1.807, 2.05) is 0 Å². The molecule has 0 amide bonds. The van der Waals surface area contributed by atoms with Gasteiger partial charge in [-0.05, 0) is 30.9 Å². The molecule has 2 N–H and O–H groups in total. The van der Waals surface area contributed by atoms with Crippen LogP contribution in [0.1, 0.15) is 29.9 Å². The number of hydrogen-bond acceptors (Lipinski definition) is 2. The molecule has 2 heteroatoms. The van der Waals surface area contributed by atoms with Crippen LogP contribution in [0.4, 0.5) is 0 Å². The van der Waals surface area contributed by atoms with Crippen molar-refractivity contribution in [2.75, 3.05) is 13.2 Å². The SMILES string of the molecule is Cc1ccccc1[C@H]1CC[C@@H](CN)OC1. The second kappa shape index (κ2) is 4.77. The van der Waals surface area contributed by atoms with E-state index in [1.165, 1.54) is 17.5 Å². The highest BCUT2D eigenvalue weighted by Gasteiger charge is 2.22. The Labute approximate surface area is 91.4 Å². The van der Waals surface area contributed by atoms with Crippen molar-refractivity contribution in [1.29, 1.82) is 0 Å². The van der Waals surface area contributed by atoms with Gasteiger partial charge in [0.2, 0.25) is 0 Å². The van der Waals surface area contributed by atoms with Crippen molar-refractivity contribution in [2.24, 2.45) is 5.73 Å². The van der Waals surface area contributed by atoms with Crippen LogP contribution < -0.4 is 5.73 Å². The lowest BCUT2D eigenvalue weighted by Crippen LogP contribution is -2.31. The summed E-state index contributed by atoms with van der Waals surface area (Å²) in [6, 6.07) is 8.58. The highest BCUT2D eigenvalue weighted by atomic mass is 16.5. The minimum Gasteiger partial charge on any atom is -0.376 e. The molecule has 1 saturated heterocycles. The first-order chi connectivity index (χ1) is 7.31. The van der Waals surface area contributed by atoms with E-state index in [1.54, 1.807) is 0 Å². The molecular formula is C13H19NO. The lowest BCUT2D eigenvalue weighted by molar-refractivity contribution is 0.00944. The largest absolute Gasteiger partial charge is 0.376 e. The van der Waals surface area contributed by atoms with Gasteiger partial charge >= 0.3 is 0 Å². The number of hydrogen-bond donors (Lipinski definition) is 1. The van der Waals surface area contributed by atoms with Crippen LogP contribution >= 0.6 is 0 Å². The zero-order valence-electron chi connectivity index (χ0n) is 9.28. The second-order valence-corrected chi connectivity index (χ2v) is 4.32. The van der Waals surface area contributed by atoms with Crippen molar-refractivity contribution >= 4 is 0 Å². The van der Waals surface area contributed by atoms with E-state index in [2.05, 4.69) is 31.2 Å². The van der Waals surface area contributed by atoms with E-state index in [0.717, 1.165) is 13.0 Å². The maximum absolute atomic E-state index is 5.72. The summed E-state index contributed by atoms with van der Waals surface area (Å²) in [7, 11) is 0.